The number of thioether (sulfide) groups is 1. The van der Waals surface area contributed by atoms with E-state index in [1.165, 1.54) is 11.8 Å². The molecule has 0 aliphatic heterocycles. The minimum atomic E-state index is -0.477. The molecule has 138 valence electrons. The van der Waals surface area contributed by atoms with Gasteiger partial charge in [0.15, 0.2) is 0 Å². The number of anilines is 1. The number of carbonyl (C=O) groups is 1. The smallest absolute Gasteiger partial charge is 0.242 e. The van der Waals surface area contributed by atoms with Crippen molar-refractivity contribution >= 4 is 35.0 Å². The van der Waals surface area contributed by atoms with Crippen LogP contribution in [0.2, 0.25) is 5.02 Å². The minimum Gasteiger partial charge on any atom is -0.325 e. The Labute approximate surface area is 166 Å². The van der Waals surface area contributed by atoms with Crippen LogP contribution in [0, 0.1) is 6.92 Å². The molecular weight excluding hydrogens is 382 g/mol. The fourth-order valence-electron chi connectivity index (χ4n) is 2.70. The first-order chi connectivity index (χ1) is 13.1. The van der Waals surface area contributed by atoms with Gasteiger partial charge in [-0.3, -0.25) is 4.79 Å². The van der Waals surface area contributed by atoms with E-state index in [0.717, 1.165) is 24.0 Å². The van der Waals surface area contributed by atoms with Crippen molar-refractivity contribution in [3.8, 4) is 0 Å². The third-order valence-corrected chi connectivity index (χ3v) is 5.97. The number of tetrazole rings is 1. The maximum absolute atomic E-state index is 13.1. The summed E-state index contributed by atoms with van der Waals surface area (Å²) in [6.45, 7) is 1.92. The summed E-state index contributed by atoms with van der Waals surface area (Å²) in [6.07, 6.45) is 2.14. The normalized spacial score (nSPS) is 14.7. The van der Waals surface area contributed by atoms with Crippen LogP contribution in [0.15, 0.2) is 53.7 Å². The molecule has 1 aliphatic carbocycles. The molecule has 1 fully saturated rings. The van der Waals surface area contributed by atoms with E-state index in [2.05, 4.69) is 20.8 Å². The molecule has 8 heteroatoms. The molecular formula is C19H18ClN5OS. The van der Waals surface area contributed by atoms with Crippen molar-refractivity contribution in [1.82, 2.24) is 20.2 Å². The van der Waals surface area contributed by atoms with Gasteiger partial charge in [-0.15, -0.1) is 5.10 Å². The van der Waals surface area contributed by atoms with E-state index in [0.29, 0.717) is 21.9 Å². The SMILES string of the molecule is Cc1ccc(NC(=O)C(Sc2nnnn2C2CC2)c2ccccc2)cc1Cl. The highest BCUT2D eigenvalue weighted by Gasteiger charge is 2.31. The molecule has 1 amide bonds. The lowest BCUT2D eigenvalue weighted by molar-refractivity contribution is -0.115. The number of carbonyl (C=O) groups excluding carboxylic acids is 1. The maximum Gasteiger partial charge on any atom is 0.242 e. The average molecular weight is 400 g/mol. The number of aryl methyl sites for hydroxylation is 1. The topological polar surface area (TPSA) is 72.7 Å². The molecule has 1 N–H and O–H groups in total. The molecule has 1 aliphatic rings. The summed E-state index contributed by atoms with van der Waals surface area (Å²) in [5, 5.41) is 15.7. The van der Waals surface area contributed by atoms with Crippen LogP contribution in [0.1, 0.15) is 35.3 Å². The Balaban J connectivity index is 1.60. The van der Waals surface area contributed by atoms with Gasteiger partial charge in [0.2, 0.25) is 11.1 Å². The number of halogens is 1. The van der Waals surface area contributed by atoms with Gasteiger partial charge in [-0.25, -0.2) is 4.68 Å². The second kappa shape index (κ2) is 7.70. The molecule has 2 aromatic carbocycles. The van der Waals surface area contributed by atoms with Crippen LogP contribution >= 0.6 is 23.4 Å². The number of nitrogens with zero attached hydrogens (tertiary/aromatic N) is 4. The van der Waals surface area contributed by atoms with Crippen LogP contribution in [0.4, 0.5) is 5.69 Å². The first-order valence-corrected chi connectivity index (χ1v) is 9.94. The van der Waals surface area contributed by atoms with Gasteiger partial charge in [0.1, 0.15) is 5.25 Å². The minimum absolute atomic E-state index is 0.142. The Kier molecular flexibility index (Phi) is 5.13. The summed E-state index contributed by atoms with van der Waals surface area (Å²) in [6, 6.07) is 15.5. The summed E-state index contributed by atoms with van der Waals surface area (Å²) in [5.74, 6) is -0.142. The lowest BCUT2D eigenvalue weighted by atomic mass is 10.1. The first-order valence-electron chi connectivity index (χ1n) is 8.68. The van der Waals surface area contributed by atoms with Crippen molar-refractivity contribution in [3.05, 3.63) is 64.7 Å². The van der Waals surface area contributed by atoms with Crippen LogP contribution in [0.3, 0.4) is 0 Å². The summed E-state index contributed by atoms with van der Waals surface area (Å²) in [5.41, 5.74) is 2.52. The summed E-state index contributed by atoms with van der Waals surface area (Å²) in [4.78, 5) is 13.1. The molecule has 0 spiro atoms. The zero-order valence-corrected chi connectivity index (χ0v) is 16.2. The number of benzene rings is 2. The second-order valence-corrected chi connectivity index (χ2v) is 7.98. The monoisotopic (exact) mass is 399 g/mol. The molecule has 0 radical (unpaired) electrons. The van der Waals surface area contributed by atoms with Gasteiger partial charge in [-0.05, 0) is 53.5 Å². The Hall–Kier alpha value is -2.38. The zero-order chi connectivity index (χ0) is 18.8. The van der Waals surface area contributed by atoms with Gasteiger partial charge in [-0.1, -0.05) is 59.8 Å². The molecule has 6 nitrogen and oxygen atoms in total. The Morgan fingerprint density at radius 1 is 1.26 bits per heavy atom. The standard InChI is InChI=1S/C19H18ClN5OS/c1-12-7-8-14(11-16(12)20)21-18(26)17(13-5-3-2-4-6-13)27-19-22-23-24-25(19)15-9-10-15/h2-8,11,15,17H,9-10H2,1H3,(H,21,26). The lowest BCUT2D eigenvalue weighted by Crippen LogP contribution is -2.19. The molecule has 1 saturated carbocycles. The highest BCUT2D eigenvalue weighted by Crippen LogP contribution is 2.40. The molecule has 1 heterocycles. The summed E-state index contributed by atoms with van der Waals surface area (Å²) < 4.78 is 1.82. The lowest BCUT2D eigenvalue weighted by Gasteiger charge is -2.17. The largest absolute Gasteiger partial charge is 0.325 e. The van der Waals surface area contributed by atoms with Crippen molar-refractivity contribution in [3.63, 3.8) is 0 Å². The number of rotatable bonds is 6. The van der Waals surface area contributed by atoms with Gasteiger partial charge < -0.3 is 5.32 Å². The number of amides is 1. The number of hydrogen-bond acceptors (Lipinski definition) is 5. The predicted molar refractivity (Wildman–Crippen MR) is 106 cm³/mol. The van der Waals surface area contributed by atoms with Crippen molar-refractivity contribution in [1.29, 1.82) is 0 Å². The highest BCUT2D eigenvalue weighted by atomic mass is 35.5. The molecule has 4 rings (SSSR count). The van der Waals surface area contributed by atoms with E-state index in [-0.39, 0.29) is 5.91 Å². The molecule has 0 bridgehead atoms. The molecule has 1 atom stereocenters. The van der Waals surface area contributed by atoms with Crippen LogP contribution < -0.4 is 5.32 Å². The zero-order valence-electron chi connectivity index (χ0n) is 14.7. The first kappa shape index (κ1) is 18.0. The Morgan fingerprint density at radius 3 is 2.74 bits per heavy atom. The fourth-order valence-corrected chi connectivity index (χ4v) is 3.92. The van der Waals surface area contributed by atoms with Gasteiger partial charge in [-0.2, -0.15) is 0 Å². The molecule has 1 aromatic heterocycles. The maximum atomic E-state index is 13.1. The molecule has 0 saturated heterocycles. The van der Waals surface area contributed by atoms with Crippen molar-refractivity contribution < 1.29 is 4.79 Å². The highest BCUT2D eigenvalue weighted by molar-refractivity contribution is 8.00. The van der Waals surface area contributed by atoms with Crippen molar-refractivity contribution in [2.45, 2.75) is 36.2 Å². The van der Waals surface area contributed by atoms with Crippen molar-refractivity contribution in [2.24, 2.45) is 0 Å². The van der Waals surface area contributed by atoms with E-state index in [9.17, 15) is 4.79 Å². The quantitative estimate of drug-likeness (QED) is 0.620. The van der Waals surface area contributed by atoms with Crippen LogP contribution in [0.5, 0.6) is 0 Å². The summed E-state index contributed by atoms with van der Waals surface area (Å²) in [7, 11) is 0. The number of nitrogens with one attached hydrogen (secondary N) is 1. The Bertz CT molecular complexity index is 958. The van der Waals surface area contributed by atoms with Gasteiger partial charge in [0.25, 0.3) is 0 Å². The second-order valence-electron chi connectivity index (χ2n) is 6.50. The summed E-state index contributed by atoms with van der Waals surface area (Å²) >= 11 is 7.55. The number of aromatic nitrogens is 4. The average Bonchev–Trinajstić information content (AvgIpc) is 3.41. The van der Waals surface area contributed by atoms with E-state index < -0.39 is 5.25 Å². The van der Waals surface area contributed by atoms with Gasteiger partial charge in [0.05, 0.1) is 6.04 Å². The third kappa shape index (κ3) is 4.14. The van der Waals surface area contributed by atoms with E-state index in [1.807, 2.05) is 54.1 Å². The van der Waals surface area contributed by atoms with Crippen LogP contribution in [-0.2, 0) is 4.79 Å². The van der Waals surface area contributed by atoms with Crippen LogP contribution in [-0.4, -0.2) is 26.1 Å². The molecule has 3 aromatic rings. The molecule has 27 heavy (non-hydrogen) atoms. The predicted octanol–water partition coefficient (Wildman–Crippen LogP) is 4.44. The third-order valence-electron chi connectivity index (χ3n) is 4.36. The number of hydrogen-bond donors (Lipinski definition) is 1. The fraction of sp³-hybridized carbons (Fsp3) is 0.263. The molecule has 1 unspecified atom stereocenters. The van der Waals surface area contributed by atoms with Gasteiger partial charge in [0, 0.05) is 10.7 Å². The van der Waals surface area contributed by atoms with Crippen LogP contribution in [0.25, 0.3) is 0 Å². The van der Waals surface area contributed by atoms with E-state index in [1.54, 1.807) is 6.07 Å². The van der Waals surface area contributed by atoms with E-state index in [4.69, 9.17) is 11.6 Å². The van der Waals surface area contributed by atoms with Crippen molar-refractivity contribution in [2.75, 3.05) is 5.32 Å². The Morgan fingerprint density at radius 2 is 2.04 bits per heavy atom. The van der Waals surface area contributed by atoms with E-state index >= 15 is 0 Å². The van der Waals surface area contributed by atoms with Gasteiger partial charge >= 0.3 is 0 Å².